The Bertz CT molecular complexity index is 396. The summed E-state index contributed by atoms with van der Waals surface area (Å²) < 4.78 is 0. The zero-order valence-corrected chi connectivity index (χ0v) is 13.9. The van der Waals surface area contributed by atoms with Crippen molar-refractivity contribution in [1.82, 2.24) is 5.32 Å². The van der Waals surface area contributed by atoms with Crippen LogP contribution in [0.3, 0.4) is 0 Å². The number of unbranched alkanes of at least 4 members (excludes halogenated alkanes) is 3. The van der Waals surface area contributed by atoms with Crippen LogP contribution in [-0.2, 0) is 6.54 Å². The van der Waals surface area contributed by atoms with Crippen LogP contribution in [0.5, 0.6) is 0 Å². The van der Waals surface area contributed by atoms with Gasteiger partial charge in [0.05, 0.1) is 0 Å². The number of para-hydroxylation sites is 1. The van der Waals surface area contributed by atoms with Crippen molar-refractivity contribution in [3.63, 3.8) is 0 Å². The van der Waals surface area contributed by atoms with Crippen LogP contribution in [0.4, 0.5) is 5.69 Å². The average molecular weight is 288 g/mol. The molecule has 0 amide bonds. The van der Waals surface area contributed by atoms with Gasteiger partial charge in [-0.05, 0) is 37.8 Å². The van der Waals surface area contributed by atoms with Gasteiger partial charge in [0.15, 0.2) is 0 Å². The van der Waals surface area contributed by atoms with Gasteiger partial charge in [0.2, 0.25) is 0 Å². The summed E-state index contributed by atoms with van der Waals surface area (Å²) in [5.41, 5.74) is 2.90. The number of benzene rings is 1. The van der Waals surface area contributed by atoms with Crippen molar-refractivity contribution in [3.8, 4) is 0 Å². The minimum atomic E-state index is 0.619. The van der Waals surface area contributed by atoms with Crippen molar-refractivity contribution >= 4 is 5.69 Å². The van der Waals surface area contributed by atoms with Gasteiger partial charge in [0.1, 0.15) is 0 Å². The van der Waals surface area contributed by atoms with Crippen LogP contribution >= 0.6 is 0 Å². The lowest BCUT2D eigenvalue weighted by molar-refractivity contribution is 0.482. The van der Waals surface area contributed by atoms with E-state index in [1.807, 2.05) is 0 Å². The molecule has 21 heavy (non-hydrogen) atoms. The molecular formula is C19H32N2. The number of anilines is 1. The molecule has 0 radical (unpaired) electrons. The van der Waals surface area contributed by atoms with Gasteiger partial charge in [-0.15, -0.1) is 0 Å². The van der Waals surface area contributed by atoms with Crippen LogP contribution in [0.25, 0.3) is 0 Å². The fourth-order valence-corrected chi connectivity index (χ4v) is 3.19. The maximum atomic E-state index is 3.71. The summed E-state index contributed by atoms with van der Waals surface area (Å²) in [6, 6.07) is 9.53. The number of hydrogen-bond donors (Lipinski definition) is 1. The van der Waals surface area contributed by atoms with Crippen molar-refractivity contribution in [2.24, 2.45) is 0 Å². The Kier molecular flexibility index (Phi) is 7.08. The highest BCUT2D eigenvalue weighted by Crippen LogP contribution is 2.24. The van der Waals surface area contributed by atoms with E-state index in [4.69, 9.17) is 0 Å². The van der Waals surface area contributed by atoms with Crippen LogP contribution in [0.1, 0.15) is 64.4 Å². The first-order chi connectivity index (χ1) is 10.3. The Balaban J connectivity index is 1.79. The van der Waals surface area contributed by atoms with Gasteiger partial charge in [-0.2, -0.15) is 0 Å². The van der Waals surface area contributed by atoms with E-state index >= 15 is 0 Å². The van der Waals surface area contributed by atoms with Crippen molar-refractivity contribution in [1.29, 1.82) is 0 Å². The van der Waals surface area contributed by atoms with Crippen molar-refractivity contribution in [3.05, 3.63) is 29.8 Å². The monoisotopic (exact) mass is 288 g/mol. The molecule has 1 saturated heterocycles. The SMILES string of the molecule is CCCCCCC(C)NCc1ccccc1N1CCCC1. The average Bonchev–Trinajstić information content (AvgIpc) is 3.04. The Morgan fingerprint density at radius 1 is 1.10 bits per heavy atom. The molecule has 0 aliphatic carbocycles. The Morgan fingerprint density at radius 3 is 2.62 bits per heavy atom. The molecule has 1 N–H and O–H groups in total. The lowest BCUT2D eigenvalue weighted by Crippen LogP contribution is -2.27. The first-order valence-electron chi connectivity index (χ1n) is 8.87. The molecule has 118 valence electrons. The smallest absolute Gasteiger partial charge is 0.0411 e. The maximum absolute atomic E-state index is 3.71. The van der Waals surface area contributed by atoms with Gasteiger partial charge in [0.25, 0.3) is 0 Å². The van der Waals surface area contributed by atoms with Gasteiger partial charge in [-0.3, -0.25) is 0 Å². The molecule has 0 bridgehead atoms. The van der Waals surface area contributed by atoms with Gasteiger partial charge in [0, 0.05) is 31.4 Å². The molecule has 0 aromatic heterocycles. The molecule has 2 nitrogen and oxygen atoms in total. The fraction of sp³-hybridized carbons (Fsp3) is 0.684. The van der Waals surface area contributed by atoms with E-state index in [1.165, 1.54) is 69.3 Å². The molecule has 1 aliphatic heterocycles. The van der Waals surface area contributed by atoms with E-state index in [2.05, 4.69) is 48.3 Å². The zero-order chi connectivity index (χ0) is 14.9. The molecule has 1 heterocycles. The predicted octanol–water partition coefficient (Wildman–Crippen LogP) is 4.74. The van der Waals surface area contributed by atoms with E-state index < -0.39 is 0 Å². The quantitative estimate of drug-likeness (QED) is 0.661. The van der Waals surface area contributed by atoms with E-state index in [-0.39, 0.29) is 0 Å². The molecule has 2 heteroatoms. The molecular weight excluding hydrogens is 256 g/mol. The first kappa shape index (κ1) is 16.4. The molecule has 0 saturated carbocycles. The van der Waals surface area contributed by atoms with Gasteiger partial charge in [-0.25, -0.2) is 0 Å². The zero-order valence-electron chi connectivity index (χ0n) is 13.9. The largest absolute Gasteiger partial charge is 0.371 e. The summed E-state index contributed by atoms with van der Waals surface area (Å²) in [6.07, 6.45) is 9.43. The fourth-order valence-electron chi connectivity index (χ4n) is 3.19. The van der Waals surface area contributed by atoms with E-state index in [0.717, 1.165) is 6.54 Å². The summed E-state index contributed by atoms with van der Waals surface area (Å²) in [7, 11) is 0. The second-order valence-electron chi connectivity index (χ2n) is 6.45. The summed E-state index contributed by atoms with van der Waals surface area (Å²) in [6.45, 7) is 8.05. The topological polar surface area (TPSA) is 15.3 Å². The Hall–Kier alpha value is -1.02. The molecule has 0 spiro atoms. The van der Waals surface area contributed by atoms with Gasteiger partial charge < -0.3 is 10.2 Å². The Labute approximate surface area is 130 Å². The van der Waals surface area contributed by atoms with Crippen LogP contribution in [0.15, 0.2) is 24.3 Å². The third kappa shape index (κ3) is 5.35. The van der Waals surface area contributed by atoms with Crippen molar-refractivity contribution in [2.45, 2.75) is 71.4 Å². The standard InChI is InChI=1S/C19H32N2/c1-3-4-5-6-11-17(2)20-16-18-12-7-8-13-19(18)21-14-9-10-15-21/h7-8,12-13,17,20H,3-6,9-11,14-16H2,1-2H3. The van der Waals surface area contributed by atoms with Gasteiger partial charge >= 0.3 is 0 Å². The third-order valence-electron chi connectivity index (χ3n) is 4.57. The predicted molar refractivity (Wildman–Crippen MR) is 92.9 cm³/mol. The number of hydrogen-bond acceptors (Lipinski definition) is 2. The van der Waals surface area contributed by atoms with Crippen LogP contribution in [0, 0.1) is 0 Å². The minimum absolute atomic E-state index is 0.619. The van der Waals surface area contributed by atoms with Gasteiger partial charge in [-0.1, -0.05) is 50.8 Å². The van der Waals surface area contributed by atoms with E-state index in [1.54, 1.807) is 0 Å². The highest BCUT2D eigenvalue weighted by Gasteiger charge is 2.15. The summed E-state index contributed by atoms with van der Waals surface area (Å²) in [4.78, 5) is 2.54. The van der Waals surface area contributed by atoms with Crippen molar-refractivity contribution in [2.75, 3.05) is 18.0 Å². The molecule has 1 aromatic rings. The normalized spacial score (nSPS) is 16.4. The number of nitrogens with one attached hydrogen (secondary N) is 1. The first-order valence-corrected chi connectivity index (χ1v) is 8.87. The van der Waals surface area contributed by atoms with Crippen LogP contribution < -0.4 is 10.2 Å². The van der Waals surface area contributed by atoms with Crippen LogP contribution in [0.2, 0.25) is 0 Å². The molecule has 1 fully saturated rings. The molecule has 1 aliphatic rings. The number of rotatable bonds is 9. The highest BCUT2D eigenvalue weighted by molar-refractivity contribution is 5.54. The lowest BCUT2D eigenvalue weighted by atomic mass is 10.1. The number of nitrogens with zero attached hydrogens (tertiary/aromatic N) is 1. The van der Waals surface area contributed by atoms with E-state index in [9.17, 15) is 0 Å². The van der Waals surface area contributed by atoms with Crippen molar-refractivity contribution < 1.29 is 0 Å². The summed E-state index contributed by atoms with van der Waals surface area (Å²) in [5, 5.41) is 3.71. The maximum Gasteiger partial charge on any atom is 0.0411 e. The Morgan fingerprint density at radius 2 is 1.86 bits per heavy atom. The third-order valence-corrected chi connectivity index (χ3v) is 4.57. The second kappa shape index (κ2) is 9.09. The molecule has 1 aromatic carbocycles. The molecule has 1 unspecified atom stereocenters. The molecule has 2 rings (SSSR count). The van der Waals surface area contributed by atoms with E-state index in [0.29, 0.717) is 6.04 Å². The summed E-state index contributed by atoms with van der Waals surface area (Å²) >= 11 is 0. The second-order valence-corrected chi connectivity index (χ2v) is 6.45. The minimum Gasteiger partial charge on any atom is -0.371 e. The lowest BCUT2D eigenvalue weighted by Gasteiger charge is -2.22. The molecule has 1 atom stereocenters. The van der Waals surface area contributed by atoms with Crippen LogP contribution in [-0.4, -0.2) is 19.1 Å². The summed E-state index contributed by atoms with van der Waals surface area (Å²) in [5.74, 6) is 0. The highest BCUT2D eigenvalue weighted by atomic mass is 15.1.